The quantitative estimate of drug-likeness (QED) is 0.819. The van der Waals surface area contributed by atoms with Crippen LogP contribution >= 0.6 is 0 Å². The largest absolute Gasteiger partial charge is 0.495 e. The second kappa shape index (κ2) is 9.04. The molecular weight excluding hydrogens is 328 g/mol. The highest BCUT2D eigenvalue weighted by molar-refractivity contribution is 5.96. The summed E-state index contributed by atoms with van der Waals surface area (Å²) < 4.78 is 5.37. The lowest BCUT2D eigenvalue weighted by molar-refractivity contribution is -0.117. The third-order valence-corrected chi connectivity index (χ3v) is 4.24. The van der Waals surface area contributed by atoms with E-state index in [9.17, 15) is 9.59 Å². The Morgan fingerprint density at radius 1 is 1.15 bits per heavy atom. The first-order chi connectivity index (χ1) is 12.5. The summed E-state index contributed by atoms with van der Waals surface area (Å²) in [6, 6.07) is 13.4. The highest BCUT2D eigenvalue weighted by Gasteiger charge is 2.18. The van der Waals surface area contributed by atoms with E-state index in [-0.39, 0.29) is 24.8 Å². The summed E-state index contributed by atoms with van der Waals surface area (Å²) in [6.45, 7) is 5.78. The van der Waals surface area contributed by atoms with Gasteiger partial charge in [0.15, 0.2) is 0 Å². The Kier molecular flexibility index (Phi) is 6.78. The Morgan fingerprint density at radius 2 is 1.88 bits per heavy atom. The van der Waals surface area contributed by atoms with E-state index in [0.717, 1.165) is 23.2 Å². The summed E-state index contributed by atoms with van der Waals surface area (Å²) in [6.07, 6.45) is 1.05. The predicted molar refractivity (Wildman–Crippen MR) is 105 cm³/mol. The summed E-state index contributed by atoms with van der Waals surface area (Å²) >= 11 is 0. The molecular formula is C21H26N2O3. The van der Waals surface area contributed by atoms with Crippen LogP contribution in [-0.2, 0) is 16.0 Å². The molecule has 138 valence electrons. The molecule has 2 rings (SSSR count). The van der Waals surface area contributed by atoms with Gasteiger partial charge in [-0.2, -0.15) is 0 Å². The molecule has 0 bridgehead atoms. The van der Waals surface area contributed by atoms with Gasteiger partial charge in [0.25, 0.3) is 0 Å². The molecule has 0 heterocycles. The minimum Gasteiger partial charge on any atom is -0.495 e. The van der Waals surface area contributed by atoms with E-state index in [1.807, 2.05) is 56.3 Å². The van der Waals surface area contributed by atoms with Crippen LogP contribution < -0.4 is 15.0 Å². The van der Waals surface area contributed by atoms with Crippen molar-refractivity contribution in [2.75, 3.05) is 23.9 Å². The fraction of sp³-hybridized carbons (Fsp3) is 0.333. The van der Waals surface area contributed by atoms with Crippen LogP contribution in [0.1, 0.15) is 31.4 Å². The van der Waals surface area contributed by atoms with Crippen LogP contribution in [0.2, 0.25) is 0 Å². The molecule has 0 atom stereocenters. The third-order valence-electron chi connectivity index (χ3n) is 4.24. The van der Waals surface area contributed by atoms with Gasteiger partial charge in [0, 0.05) is 25.6 Å². The highest BCUT2D eigenvalue weighted by atomic mass is 16.5. The van der Waals surface area contributed by atoms with Gasteiger partial charge in [0.05, 0.1) is 12.8 Å². The van der Waals surface area contributed by atoms with Crippen molar-refractivity contribution >= 4 is 23.2 Å². The zero-order chi connectivity index (χ0) is 19.1. The number of hydrogen-bond acceptors (Lipinski definition) is 3. The van der Waals surface area contributed by atoms with Crippen LogP contribution in [0, 0.1) is 6.92 Å². The molecule has 1 N–H and O–H groups in total. The lowest BCUT2D eigenvalue weighted by atomic mass is 10.1. The molecule has 0 aromatic heterocycles. The van der Waals surface area contributed by atoms with Gasteiger partial charge >= 0.3 is 0 Å². The zero-order valence-electron chi connectivity index (χ0n) is 15.8. The number of hydrogen-bond donors (Lipinski definition) is 1. The van der Waals surface area contributed by atoms with Crippen molar-refractivity contribution in [3.8, 4) is 5.75 Å². The summed E-state index contributed by atoms with van der Waals surface area (Å²) in [4.78, 5) is 26.1. The first-order valence-corrected chi connectivity index (χ1v) is 8.76. The first kappa shape index (κ1) is 19.5. The van der Waals surface area contributed by atoms with Crippen molar-refractivity contribution in [3.05, 3.63) is 53.6 Å². The number of anilines is 2. The second-order valence-corrected chi connectivity index (χ2v) is 6.15. The van der Waals surface area contributed by atoms with Crippen molar-refractivity contribution in [1.82, 2.24) is 0 Å². The van der Waals surface area contributed by atoms with Gasteiger partial charge in [-0.05, 0) is 42.7 Å². The Labute approximate surface area is 155 Å². The number of carbonyl (C=O) groups is 2. The summed E-state index contributed by atoms with van der Waals surface area (Å²) in [5.74, 6) is 0.363. The Balaban J connectivity index is 2.11. The van der Waals surface area contributed by atoms with Crippen LogP contribution in [0.25, 0.3) is 0 Å². The number of nitrogens with one attached hydrogen (secondary N) is 1. The lowest BCUT2D eigenvalue weighted by Gasteiger charge is -2.23. The summed E-state index contributed by atoms with van der Waals surface area (Å²) in [5.41, 5.74) is 3.61. The first-order valence-electron chi connectivity index (χ1n) is 8.76. The number of aryl methyl sites for hydroxylation is 2. The summed E-state index contributed by atoms with van der Waals surface area (Å²) in [5, 5.41) is 2.94. The Hall–Kier alpha value is -2.82. The molecule has 2 aromatic rings. The average molecular weight is 354 g/mol. The molecule has 0 aliphatic heterocycles. The standard InChI is InChI=1S/C21H26N2O3/c1-5-17-8-6-7-9-18(17)22-21(25)12-13-23(16(3)24)19-14-15(2)10-11-20(19)26-4/h6-11,14H,5,12-13H2,1-4H3,(H,22,25). The minimum atomic E-state index is -0.129. The van der Waals surface area contributed by atoms with Crippen molar-refractivity contribution in [3.63, 3.8) is 0 Å². The van der Waals surface area contributed by atoms with Gasteiger partial charge < -0.3 is 15.0 Å². The minimum absolute atomic E-state index is 0.122. The van der Waals surface area contributed by atoms with E-state index in [4.69, 9.17) is 4.74 Å². The van der Waals surface area contributed by atoms with Crippen LogP contribution in [0.3, 0.4) is 0 Å². The molecule has 26 heavy (non-hydrogen) atoms. The molecule has 2 amide bonds. The zero-order valence-corrected chi connectivity index (χ0v) is 15.8. The maximum Gasteiger partial charge on any atom is 0.226 e. The fourth-order valence-electron chi connectivity index (χ4n) is 2.84. The number of para-hydroxylation sites is 1. The number of ether oxygens (including phenoxy) is 1. The van der Waals surface area contributed by atoms with E-state index >= 15 is 0 Å². The van der Waals surface area contributed by atoms with Crippen molar-refractivity contribution in [1.29, 1.82) is 0 Å². The average Bonchev–Trinajstić information content (AvgIpc) is 2.62. The van der Waals surface area contributed by atoms with Crippen LogP contribution in [0.15, 0.2) is 42.5 Å². The normalized spacial score (nSPS) is 10.3. The molecule has 0 aliphatic rings. The molecule has 2 aromatic carbocycles. The van der Waals surface area contributed by atoms with Crippen LogP contribution in [-0.4, -0.2) is 25.5 Å². The smallest absolute Gasteiger partial charge is 0.226 e. The Bertz CT molecular complexity index is 787. The van der Waals surface area contributed by atoms with Gasteiger partial charge in [-0.1, -0.05) is 31.2 Å². The molecule has 0 saturated heterocycles. The van der Waals surface area contributed by atoms with Crippen molar-refractivity contribution < 1.29 is 14.3 Å². The van der Waals surface area contributed by atoms with Gasteiger partial charge in [0.2, 0.25) is 11.8 Å². The molecule has 0 radical (unpaired) electrons. The molecule has 5 nitrogen and oxygen atoms in total. The van der Waals surface area contributed by atoms with Gasteiger partial charge in [-0.3, -0.25) is 9.59 Å². The SMILES string of the molecule is CCc1ccccc1NC(=O)CCN(C(C)=O)c1cc(C)ccc1OC. The van der Waals surface area contributed by atoms with Gasteiger partial charge in [-0.25, -0.2) is 0 Å². The van der Waals surface area contributed by atoms with E-state index in [1.54, 1.807) is 12.0 Å². The van der Waals surface area contributed by atoms with Crippen molar-refractivity contribution in [2.45, 2.75) is 33.6 Å². The fourth-order valence-corrected chi connectivity index (χ4v) is 2.84. The molecule has 0 aliphatic carbocycles. The lowest BCUT2D eigenvalue weighted by Crippen LogP contribution is -2.32. The molecule has 0 fully saturated rings. The number of carbonyl (C=O) groups excluding carboxylic acids is 2. The second-order valence-electron chi connectivity index (χ2n) is 6.15. The van der Waals surface area contributed by atoms with Crippen LogP contribution in [0.5, 0.6) is 5.75 Å². The number of rotatable bonds is 7. The maximum absolute atomic E-state index is 12.4. The number of nitrogens with zero attached hydrogens (tertiary/aromatic N) is 1. The van der Waals surface area contributed by atoms with Crippen molar-refractivity contribution in [2.24, 2.45) is 0 Å². The maximum atomic E-state index is 12.4. The van der Waals surface area contributed by atoms with E-state index in [2.05, 4.69) is 5.32 Å². The predicted octanol–water partition coefficient (Wildman–Crippen LogP) is 3.95. The monoisotopic (exact) mass is 354 g/mol. The van der Waals surface area contributed by atoms with Crippen LogP contribution in [0.4, 0.5) is 11.4 Å². The van der Waals surface area contributed by atoms with Gasteiger partial charge in [-0.15, -0.1) is 0 Å². The molecule has 0 saturated carbocycles. The summed E-state index contributed by atoms with van der Waals surface area (Å²) in [7, 11) is 1.57. The van der Waals surface area contributed by atoms with Gasteiger partial charge in [0.1, 0.15) is 5.75 Å². The number of amides is 2. The number of methoxy groups -OCH3 is 1. The molecule has 0 unspecified atom stereocenters. The molecule has 0 spiro atoms. The number of benzene rings is 2. The van der Waals surface area contributed by atoms with E-state index in [1.165, 1.54) is 6.92 Å². The topological polar surface area (TPSA) is 58.6 Å². The Morgan fingerprint density at radius 3 is 2.54 bits per heavy atom. The molecule has 5 heteroatoms. The highest BCUT2D eigenvalue weighted by Crippen LogP contribution is 2.29. The third kappa shape index (κ3) is 4.85. The van der Waals surface area contributed by atoms with E-state index < -0.39 is 0 Å². The van der Waals surface area contributed by atoms with E-state index in [0.29, 0.717) is 11.4 Å².